The number of benzene rings is 1. The Labute approximate surface area is 141 Å². The molecule has 1 amide bonds. The number of likely N-dealkylation sites (N-methyl/N-ethyl adjacent to an activating group) is 1. The summed E-state index contributed by atoms with van der Waals surface area (Å²) in [6, 6.07) is 4.86. The van der Waals surface area contributed by atoms with Gasteiger partial charge in [0.2, 0.25) is 22.7 Å². The Morgan fingerprint density at radius 1 is 1.25 bits per heavy atom. The number of nitrogens with zero attached hydrogens (tertiary/aromatic N) is 2. The van der Waals surface area contributed by atoms with Crippen LogP contribution in [-0.2, 0) is 14.8 Å². The summed E-state index contributed by atoms with van der Waals surface area (Å²) in [4.78, 5) is 15.6. The molecule has 8 nitrogen and oxygen atoms in total. The van der Waals surface area contributed by atoms with E-state index < -0.39 is 10.0 Å². The lowest BCUT2D eigenvalue weighted by Gasteiger charge is -2.32. The Morgan fingerprint density at radius 2 is 1.92 bits per heavy atom. The second-order valence-electron chi connectivity index (χ2n) is 6.15. The first-order valence-corrected chi connectivity index (χ1v) is 9.66. The predicted octanol–water partition coefficient (Wildman–Crippen LogP) is -1.46. The fourth-order valence-electron chi connectivity index (χ4n) is 2.80. The second-order valence-corrected chi connectivity index (χ2v) is 8.05. The molecule has 0 radical (unpaired) electrons. The maximum Gasteiger partial charge on any atom is 0.243 e. The first kappa shape index (κ1) is 16.8. The quantitative estimate of drug-likeness (QED) is 0.713. The lowest BCUT2D eigenvalue weighted by Crippen LogP contribution is -3.12. The highest BCUT2D eigenvalue weighted by Gasteiger charge is 2.28. The van der Waals surface area contributed by atoms with Crippen LogP contribution < -0.4 is 18.7 Å². The average molecular weight is 356 g/mol. The molecule has 9 heteroatoms. The molecule has 0 atom stereocenters. The van der Waals surface area contributed by atoms with E-state index in [9.17, 15) is 13.2 Å². The predicted molar refractivity (Wildman–Crippen MR) is 88.0 cm³/mol. The van der Waals surface area contributed by atoms with Crippen LogP contribution in [0.4, 0.5) is 5.69 Å². The third-order valence-corrected chi connectivity index (χ3v) is 5.43. The molecule has 2 aliphatic heterocycles. The fourth-order valence-corrected chi connectivity index (χ4v) is 3.64. The first-order valence-electron chi connectivity index (χ1n) is 7.81. The zero-order chi connectivity index (χ0) is 17.3. The first-order chi connectivity index (χ1) is 11.3. The molecule has 0 unspecified atom stereocenters. The van der Waals surface area contributed by atoms with Crippen LogP contribution >= 0.6 is 0 Å². The van der Waals surface area contributed by atoms with E-state index >= 15 is 0 Å². The van der Waals surface area contributed by atoms with Crippen LogP contribution in [0.2, 0.25) is 0 Å². The molecule has 1 aromatic carbocycles. The summed E-state index contributed by atoms with van der Waals surface area (Å²) in [6.45, 7) is 2.92. The van der Waals surface area contributed by atoms with Gasteiger partial charge in [0.1, 0.15) is 6.54 Å². The highest BCUT2D eigenvalue weighted by molar-refractivity contribution is 7.92. The van der Waals surface area contributed by atoms with Crippen LogP contribution in [0, 0.1) is 0 Å². The average Bonchev–Trinajstić information content (AvgIpc) is 2.99. The van der Waals surface area contributed by atoms with Crippen LogP contribution in [0.15, 0.2) is 18.2 Å². The van der Waals surface area contributed by atoms with Crippen LogP contribution in [-0.4, -0.2) is 72.0 Å². The minimum atomic E-state index is -3.60. The number of carbonyl (C=O) groups is 1. The van der Waals surface area contributed by atoms with Crippen molar-refractivity contribution in [2.75, 3.05) is 57.1 Å². The standard InChI is InChI=1S/C15H21N3O5S/c1-16-5-7-17(8-6-16)15(19)10-18(24(2,20)21)12-3-4-13-14(9-12)23-11-22-13/h3-4,9H,5-8,10-11H2,1-2H3/p+1. The molecule has 0 saturated carbocycles. The molecule has 132 valence electrons. The summed E-state index contributed by atoms with van der Waals surface area (Å²) < 4.78 is 36.0. The van der Waals surface area contributed by atoms with E-state index in [0.717, 1.165) is 23.7 Å². The SMILES string of the molecule is C[NH+]1CCN(C(=O)CN(c2ccc3c(c2)OCO3)S(C)(=O)=O)CC1. The van der Waals surface area contributed by atoms with Crippen molar-refractivity contribution >= 4 is 21.6 Å². The Balaban J connectivity index is 1.79. The van der Waals surface area contributed by atoms with E-state index in [2.05, 4.69) is 7.05 Å². The number of hydrogen-bond donors (Lipinski definition) is 1. The van der Waals surface area contributed by atoms with E-state index in [4.69, 9.17) is 9.47 Å². The van der Waals surface area contributed by atoms with E-state index in [-0.39, 0.29) is 19.2 Å². The van der Waals surface area contributed by atoms with Gasteiger partial charge in [-0.1, -0.05) is 0 Å². The minimum Gasteiger partial charge on any atom is -0.454 e. The fraction of sp³-hybridized carbons (Fsp3) is 0.533. The summed E-state index contributed by atoms with van der Waals surface area (Å²) >= 11 is 0. The van der Waals surface area contributed by atoms with Gasteiger partial charge in [0, 0.05) is 6.07 Å². The number of hydrogen-bond acceptors (Lipinski definition) is 5. The number of sulfonamides is 1. The molecule has 0 bridgehead atoms. The summed E-state index contributed by atoms with van der Waals surface area (Å²) in [5.41, 5.74) is 0.398. The summed E-state index contributed by atoms with van der Waals surface area (Å²) in [5.74, 6) is 0.864. The van der Waals surface area contributed by atoms with Gasteiger partial charge in [-0.15, -0.1) is 0 Å². The molecular formula is C15H22N3O5S+. The molecule has 2 heterocycles. The molecule has 1 aromatic rings. The molecule has 2 aliphatic rings. The molecule has 0 aliphatic carbocycles. The van der Waals surface area contributed by atoms with Gasteiger partial charge in [-0.05, 0) is 12.1 Å². The van der Waals surface area contributed by atoms with Crippen molar-refractivity contribution in [1.29, 1.82) is 0 Å². The van der Waals surface area contributed by atoms with Crippen molar-refractivity contribution in [3.63, 3.8) is 0 Å². The van der Waals surface area contributed by atoms with Crippen molar-refractivity contribution in [3.05, 3.63) is 18.2 Å². The Morgan fingerprint density at radius 3 is 2.58 bits per heavy atom. The van der Waals surface area contributed by atoms with Gasteiger partial charge >= 0.3 is 0 Å². The molecule has 3 rings (SSSR count). The maximum atomic E-state index is 12.5. The van der Waals surface area contributed by atoms with Gasteiger partial charge in [0.15, 0.2) is 11.5 Å². The molecule has 24 heavy (non-hydrogen) atoms. The van der Waals surface area contributed by atoms with E-state index in [1.54, 1.807) is 23.1 Å². The number of ether oxygens (including phenoxy) is 2. The Bertz CT molecular complexity index is 729. The minimum absolute atomic E-state index is 0.111. The lowest BCUT2D eigenvalue weighted by molar-refractivity contribution is -0.883. The smallest absolute Gasteiger partial charge is 0.243 e. The highest BCUT2D eigenvalue weighted by Crippen LogP contribution is 2.36. The number of rotatable bonds is 4. The zero-order valence-corrected chi connectivity index (χ0v) is 14.6. The third kappa shape index (κ3) is 3.57. The van der Waals surface area contributed by atoms with Gasteiger partial charge in [0.05, 0.1) is 45.2 Å². The van der Waals surface area contributed by atoms with Gasteiger partial charge in [-0.3, -0.25) is 9.10 Å². The van der Waals surface area contributed by atoms with Crippen LogP contribution in [0.1, 0.15) is 0 Å². The summed E-state index contributed by atoms with van der Waals surface area (Å²) in [7, 11) is -1.52. The van der Waals surface area contributed by atoms with Gasteiger partial charge in [0.25, 0.3) is 0 Å². The van der Waals surface area contributed by atoms with E-state index in [1.807, 2.05) is 0 Å². The van der Waals surface area contributed by atoms with Crippen LogP contribution in [0.5, 0.6) is 11.5 Å². The third-order valence-electron chi connectivity index (χ3n) is 4.29. The van der Waals surface area contributed by atoms with Crippen LogP contribution in [0.25, 0.3) is 0 Å². The number of carbonyl (C=O) groups excluding carboxylic acids is 1. The van der Waals surface area contributed by atoms with Gasteiger partial charge < -0.3 is 19.3 Å². The highest BCUT2D eigenvalue weighted by atomic mass is 32.2. The van der Waals surface area contributed by atoms with Crippen LogP contribution in [0.3, 0.4) is 0 Å². The van der Waals surface area contributed by atoms with Crippen molar-refractivity contribution in [3.8, 4) is 11.5 Å². The molecule has 0 spiro atoms. The van der Waals surface area contributed by atoms with Gasteiger partial charge in [-0.25, -0.2) is 8.42 Å². The summed E-state index contributed by atoms with van der Waals surface area (Å²) in [5, 5.41) is 0. The second kappa shape index (κ2) is 6.48. The number of piperazine rings is 1. The van der Waals surface area contributed by atoms with Crippen molar-refractivity contribution in [2.45, 2.75) is 0 Å². The van der Waals surface area contributed by atoms with Gasteiger partial charge in [-0.2, -0.15) is 0 Å². The monoisotopic (exact) mass is 356 g/mol. The summed E-state index contributed by atoms with van der Waals surface area (Å²) in [6.07, 6.45) is 1.10. The molecule has 1 N–H and O–H groups in total. The topological polar surface area (TPSA) is 80.6 Å². The largest absolute Gasteiger partial charge is 0.454 e. The molecular weight excluding hydrogens is 334 g/mol. The zero-order valence-electron chi connectivity index (χ0n) is 13.8. The van der Waals surface area contributed by atoms with Crippen molar-refractivity contribution < 1.29 is 27.6 Å². The lowest BCUT2D eigenvalue weighted by atomic mass is 10.2. The normalized spacial score (nSPS) is 17.8. The molecule has 0 aromatic heterocycles. The molecule has 1 saturated heterocycles. The number of fused-ring (bicyclic) bond motifs is 1. The molecule has 1 fully saturated rings. The van der Waals surface area contributed by atoms with E-state index in [1.165, 1.54) is 4.90 Å². The van der Waals surface area contributed by atoms with E-state index in [0.29, 0.717) is 30.3 Å². The Kier molecular flexibility index (Phi) is 4.55. The number of amides is 1. The van der Waals surface area contributed by atoms with Crippen molar-refractivity contribution in [2.24, 2.45) is 0 Å². The Hall–Kier alpha value is -2.00. The van der Waals surface area contributed by atoms with Crippen molar-refractivity contribution in [1.82, 2.24) is 4.90 Å². The number of quaternary nitrogens is 1. The number of nitrogens with one attached hydrogen (secondary N) is 1. The maximum absolute atomic E-state index is 12.5. The number of anilines is 1.